The molecule has 0 aliphatic carbocycles. The van der Waals surface area contributed by atoms with Crippen LogP contribution in [0.25, 0.3) is 21.3 Å². The van der Waals surface area contributed by atoms with Crippen LogP contribution in [0.5, 0.6) is 0 Å². The van der Waals surface area contributed by atoms with Gasteiger partial charge in [-0.3, -0.25) is 14.2 Å². The minimum atomic E-state index is -0.476. The fraction of sp³-hybridized carbons (Fsp3) is 0.217. The lowest BCUT2D eigenvalue weighted by atomic mass is 10.1. The zero-order chi connectivity index (χ0) is 22.8. The number of nitrogens with zero attached hydrogens (tertiary/aromatic N) is 2. The van der Waals surface area contributed by atoms with Crippen molar-refractivity contribution in [2.45, 2.75) is 27.3 Å². The van der Waals surface area contributed by atoms with Crippen molar-refractivity contribution < 1.29 is 14.3 Å². The van der Waals surface area contributed by atoms with E-state index in [1.54, 1.807) is 6.92 Å². The normalized spacial score (nSPS) is 11.0. The van der Waals surface area contributed by atoms with Crippen molar-refractivity contribution >= 4 is 49.8 Å². The number of nitrogens with one attached hydrogen (secondary N) is 1. The number of carbonyl (C=O) groups excluding carboxylic acids is 2. The predicted octanol–water partition coefficient (Wildman–Crippen LogP) is 4.62. The first kappa shape index (κ1) is 21.9. The smallest absolute Gasteiger partial charge is 0.341 e. The third kappa shape index (κ3) is 4.09. The quantitative estimate of drug-likeness (QED) is 0.418. The molecule has 164 valence electrons. The number of thiophene rings is 2. The Bertz CT molecular complexity index is 1370. The Kier molecular flexibility index (Phi) is 6.20. The number of aromatic nitrogens is 2. The zero-order valence-electron chi connectivity index (χ0n) is 17.8. The molecule has 7 nitrogen and oxygen atoms in total. The Hall–Kier alpha value is -3.30. The number of esters is 1. The van der Waals surface area contributed by atoms with Crippen molar-refractivity contribution in [2.24, 2.45) is 0 Å². The maximum Gasteiger partial charge on any atom is 0.341 e. The highest BCUT2D eigenvalue weighted by Gasteiger charge is 2.22. The van der Waals surface area contributed by atoms with E-state index in [1.807, 2.05) is 49.6 Å². The van der Waals surface area contributed by atoms with Crippen LogP contribution in [0.3, 0.4) is 0 Å². The zero-order valence-corrected chi connectivity index (χ0v) is 19.4. The standard InChI is InChI=1S/C23H21N3O4S2/c1-4-30-23(29)18-13(2)14(3)32-21(18)25-17(27)10-26-12-24-20-19(22(26)28)16(11-31-20)15-8-6-5-7-9-15/h5-9,11-12H,4,10H2,1-3H3,(H,25,27). The minimum absolute atomic E-state index is 0.218. The largest absolute Gasteiger partial charge is 0.462 e. The fourth-order valence-electron chi connectivity index (χ4n) is 3.40. The van der Waals surface area contributed by atoms with Gasteiger partial charge in [0.05, 0.1) is 23.9 Å². The van der Waals surface area contributed by atoms with Gasteiger partial charge in [0.15, 0.2) is 0 Å². The van der Waals surface area contributed by atoms with Gasteiger partial charge in [-0.1, -0.05) is 30.3 Å². The second-order valence-electron chi connectivity index (χ2n) is 7.13. The molecular formula is C23H21N3O4S2. The molecule has 0 unspecified atom stereocenters. The van der Waals surface area contributed by atoms with Gasteiger partial charge in [-0.05, 0) is 31.9 Å². The van der Waals surface area contributed by atoms with Crippen molar-refractivity contribution in [1.82, 2.24) is 9.55 Å². The summed E-state index contributed by atoms with van der Waals surface area (Å²) in [5.74, 6) is -0.896. The number of hydrogen-bond donors (Lipinski definition) is 1. The minimum Gasteiger partial charge on any atom is -0.462 e. The molecule has 3 aromatic heterocycles. The Balaban J connectivity index is 1.63. The van der Waals surface area contributed by atoms with E-state index in [4.69, 9.17) is 4.74 Å². The summed E-state index contributed by atoms with van der Waals surface area (Å²) >= 11 is 2.70. The van der Waals surface area contributed by atoms with Gasteiger partial charge in [-0.25, -0.2) is 9.78 Å². The number of carbonyl (C=O) groups is 2. The van der Waals surface area contributed by atoms with Crippen LogP contribution in [0.1, 0.15) is 27.7 Å². The molecule has 1 aromatic carbocycles. The molecule has 0 aliphatic heterocycles. The fourth-order valence-corrected chi connectivity index (χ4v) is 5.37. The molecule has 0 aliphatic rings. The number of fused-ring (bicyclic) bond motifs is 1. The number of benzene rings is 1. The van der Waals surface area contributed by atoms with E-state index in [-0.39, 0.29) is 18.7 Å². The molecule has 1 N–H and O–H groups in total. The molecule has 0 saturated heterocycles. The average Bonchev–Trinajstić information content (AvgIpc) is 3.32. The average molecular weight is 468 g/mol. The highest BCUT2D eigenvalue weighted by atomic mass is 32.1. The van der Waals surface area contributed by atoms with Crippen molar-refractivity contribution in [3.8, 4) is 11.1 Å². The predicted molar refractivity (Wildman–Crippen MR) is 128 cm³/mol. The summed E-state index contributed by atoms with van der Waals surface area (Å²) in [7, 11) is 0. The topological polar surface area (TPSA) is 90.3 Å². The van der Waals surface area contributed by atoms with Crippen molar-refractivity contribution in [2.75, 3.05) is 11.9 Å². The molecule has 9 heteroatoms. The third-order valence-corrected chi connectivity index (χ3v) is 7.09. The van der Waals surface area contributed by atoms with Crippen LogP contribution in [0.4, 0.5) is 5.00 Å². The summed E-state index contributed by atoms with van der Waals surface area (Å²) in [5, 5.41) is 5.59. The molecule has 4 aromatic rings. The van der Waals surface area contributed by atoms with E-state index in [0.29, 0.717) is 20.8 Å². The molecule has 0 bridgehead atoms. The first-order valence-corrected chi connectivity index (χ1v) is 11.7. The second-order valence-corrected chi connectivity index (χ2v) is 9.21. The number of rotatable bonds is 6. The van der Waals surface area contributed by atoms with Gasteiger partial charge in [0.1, 0.15) is 16.4 Å². The molecule has 0 saturated carbocycles. The van der Waals surface area contributed by atoms with Crippen LogP contribution in [-0.4, -0.2) is 28.0 Å². The van der Waals surface area contributed by atoms with Gasteiger partial charge in [-0.2, -0.15) is 0 Å². The van der Waals surface area contributed by atoms with E-state index in [9.17, 15) is 14.4 Å². The third-order valence-electron chi connectivity index (χ3n) is 5.08. The summed E-state index contributed by atoms with van der Waals surface area (Å²) in [6, 6.07) is 9.60. The molecular weight excluding hydrogens is 446 g/mol. The summed E-state index contributed by atoms with van der Waals surface area (Å²) in [6.07, 6.45) is 1.38. The first-order valence-electron chi connectivity index (χ1n) is 9.99. The van der Waals surface area contributed by atoms with E-state index < -0.39 is 11.9 Å². The summed E-state index contributed by atoms with van der Waals surface area (Å²) in [5.41, 5.74) is 2.56. The van der Waals surface area contributed by atoms with Gasteiger partial charge in [0.25, 0.3) is 5.56 Å². The lowest BCUT2D eigenvalue weighted by Crippen LogP contribution is -2.28. The highest BCUT2D eigenvalue weighted by molar-refractivity contribution is 7.17. The van der Waals surface area contributed by atoms with Crippen LogP contribution in [0.15, 0.2) is 46.8 Å². The van der Waals surface area contributed by atoms with E-state index in [2.05, 4.69) is 10.3 Å². The monoisotopic (exact) mass is 467 g/mol. The molecule has 0 fully saturated rings. The Morgan fingerprint density at radius 3 is 2.66 bits per heavy atom. The Labute approximate surface area is 192 Å². The van der Waals surface area contributed by atoms with Crippen LogP contribution in [0, 0.1) is 13.8 Å². The summed E-state index contributed by atoms with van der Waals surface area (Å²) in [4.78, 5) is 44.2. The first-order chi connectivity index (χ1) is 15.4. The van der Waals surface area contributed by atoms with E-state index in [1.165, 1.54) is 33.6 Å². The Morgan fingerprint density at radius 2 is 1.94 bits per heavy atom. The molecule has 0 spiro atoms. The number of ether oxygens (including phenoxy) is 1. The molecule has 32 heavy (non-hydrogen) atoms. The summed E-state index contributed by atoms with van der Waals surface area (Å²) < 4.78 is 6.41. The van der Waals surface area contributed by atoms with Gasteiger partial charge >= 0.3 is 5.97 Å². The van der Waals surface area contributed by atoms with Crippen molar-refractivity contribution in [3.05, 3.63) is 68.4 Å². The van der Waals surface area contributed by atoms with Crippen LogP contribution < -0.4 is 10.9 Å². The molecule has 4 rings (SSSR count). The number of anilines is 1. The van der Waals surface area contributed by atoms with E-state index in [0.717, 1.165) is 21.6 Å². The van der Waals surface area contributed by atoms with Gasteiger partial charge in [0.2, 0.25) is 5.91 Å². The van der Waals surface area contributed by atoms with Gasteiger partial charge in [0, 0.05) is 15.8 Å². The number of hydrogen-bond acceptors (Lipinski definition) is 7. The molecule has 1 amide bonds. The SMILES string of the molecule is CCOC(=O)c1c(NC(=O)Cn2cnc3scc(-c4ccccc4)c3c2=O)sc(C)c1C. The second kappa shape index (κ2) is 9.05. The molecule has 0 radical (unpaired) electrons. The number of aryl methyl sites for hydroxylation is 1. The van der Waals surface area contributed by atoms with Gasteiger partial charge < -0.3 is 10.1 Å². The maximum atomic E-state index is 13.2. The lowest BCUT2D eigenvalue weighted by molar-refractivity contribution is -0.116. The Morgan fingerprint density at radius 1 is 1.19 bits per heavy atom. The maximum absolute atomic E-state index is 13.2. The van der Waals surface area contributed by atoms with Crippen molar-refractivity contribution in [1.29, 1.82) is 0 Å². The lowest BCUT2D eigenvalue weighted by Gasteiger charge is -2.09. The number of amides is 1. The molecule has 0 atom stereocenters. The van der Waals surface area contributed by atoms with Crippen LogP contribution >= 0.6 is 22.7 Å². The highest BCUT2D eigenvalue weighted by Crippen LogP contribution is 2.33. The molecule has 3 heterocycles. The summed E-state index contributed by atoms with van der Waals surface area (Å²) in [6.45, 7) is 5.45. The van der Waals surface area contributed by atoms with E-state index >= 15 is 0 Å². The van der Waals surface area contributed by atoms with Crippen molar-refractivity contribution in [3.63, 3.8) is 0 Å². The van der Waals surface area contributed by atoms with Crippen LogP contribution in [-0.2, 0) is 16.1 Å². The van der Waals surface area contributed by atoms with Crippen LogP contribution in [0.2, 0.25) is 0 Å². The van der Waals surface area contributed by atoms with Gasteiger partial charge in [-0.15, -0.1) is 22.7 Å².